The number of rotatable bonds is 6. The fraction of sp³-hybridized carbons (Fsp3) is 0.857. The summed E-state index contributed by atoms with van der Waals surface area (Å²) < 4.78 is 0. The Kier molecular flexibility index (Phi) is 5.63. The molecule has 2 unspecified atom stereocenters. The smallest absolute Gasteiger partial charge is 0.326 e. The topological polar surface area (TPSA) is 78.4 Å². The first-order valence-corrected chi connectivity index (χ1v) is 7.16. The number of aliphatic carboxylic acids is 1. The van der Waals surface area contributed by atoms with Gasteiger partial charge < -0.3 is 15.7 Å². The lowest BCUT2D eigenvalue weighted by Crippen LogP contribution is -2.51. The predicted molar refractivity (Wildman–Crippen MR) is 74.0 cm³/mol. The quantitative estimate of drug-likeness (QED) is 0.694. The molecule has 19 heavy (non-hydrogen) atoms. The zero-order valence-corrected chi connectivity index (χ0v) is 12.2. The van der Waals surface area contributed by atoms with Crippen LogP contribution in [0.5, 0.6) is 0 Å². The number of amides is 2. The van der Waals surface area contributed by atoms with E-state index < -0.39 is 12.0 Å². The van der Waals surface area contributed by atoms with Gasteiger partial charge in [0.15, 0.2) is 0 Å². The van der Waals surface area contributed by atoms with Gasteiger partial charge in [-0.15, -0.1) is 0 Å². The second-order valence-corrected chi connectivity index (χ2v) is 6.08. The second-order valence-electron chi connectivity index (χ2n) is 6.08. The summed E-state index contributed by atoms with van der Waals surface area (Å²) in [5.74, 6) is -0.964. The van der Waals surface area contributed by atoms with Crippen LogP contribution in [0.15, 0.2) is 0 Å². The van der Waals surface area contributed by atoms with Gasteiger partial charge in [0.1, 0.15) is 6.04 Å². The minimum absolute atomic E-state index is 0.0967. The molecule has 1 saturated carbocycles. The highest BCUT2D eigenvalue weighted by Crippen LogP contribution is 2.37. The number of carboxylic acids is 1. The highest BCUT2D eigenvalue weighted by molar-refractivity contribution is 5.82. The lowest BCUT2D eigenvalue weighted by Gasteiger charge is -2.28. The van der Waals surface area contributed by atoms with Gasteiger partial charge in [-0.1, -0.05) is 40.0 Å². The van der Waals surface area contributed by atoms with E-state index in [1.165, 1.54) is 0 Å². The number of unbranched alkanes of at least 4 members (excludes halogenated alkanes) is 1. The SMILES string of the molecule is CCCCC(NC(=O)NC1CCCC1(C)C)C(=O)O. The van der Waals surface area contributed by atoms with Crippen LogP contribution in [0.25, 0.3) is 0 Å². The van der Waals surface area contributed by atoms with Crippen LogP contribution in [-0.2, 0) is 4.79 Å². The molecule has 110 valence electrons. The lowest BCUT2D eigenvalue weighted by atomic mass is 9.87. The van der Waals surface area contributed by atoms with E-state index in [4.69, 9.17) is 5.11 Å². The molecule has 0 saturated heterocycles. The van der Waals surface area contributed by atoms with Crippen molar-refractivity contribution in [2.45, 2.75) is 71.4 Å². The molecule has 2 amide bonds. The molecule has 0 aliphatic heterocycles. The summed E-state index contributed by atoms with van der Waals surface area (Å²) in [6.07, 6.45) is 5.36. The van der Waals surface area contributed by atoms with Crippen molar-refractivity contribution in [1.29, 1.82) is 0 Å². The van der Waals surface area contributed by atoms with Crippen LogP contribution in [0, 0.1) is 5.41 Å². The Morgan fingerprint density at radius 3 is 2.58 bits per heavy atom. The van der Waals surface area contributed by atoms with Crippen molar-refractivity contribution in [2.75, 3.05) is 0 Å². The molecule has 0 heterocycles. The molecule has 0 aromatic heterocycles. The molecule has 3 N–H and O–H groups in total. The van der Waals surface area contributed by atoms with E-state index in [2.05, 4.69) is 24.5 Å². The molecule has 0 spiro atoms. The van der Waals surface area contributed by atoms with Crippen molar-refractivity contribution >= 4 is 12.0 Å². The highest BCUT2D eigenvalue weighted by Gasteiger charge is 2.35. The van der Waals surface area contributed by atoms with Crippen LogP contribution < -0.4 is 10.6 Å². The molecule has 1 rings (SSSR count). The third kappa shape index (κ3) is 4.73. The Morgan fingerprint density at radius 1 is 1.42 bits per heavy atom. The summed E-state index contributed by atoms with van der Waals surface area (Å²) in [4.78, 5) is 22.9. The van der Waals surface area contributed by atoms with Crippen molar-refractivity contribution in [1.82, 2.24) is 10.6 Å². The monoisotopic (exact) mass is 270 g/mol. The summed E-state index contributed by atoms with van der Waals surface area (Å²) in [6, 6.07) is -1.01. The number of carbonyl (C=O) groups is 2. The molecule has 5 heteroatoms. The van der Waals surface area contributed by atoms with Gasteiger partial charge in [0, 0.05) is 6.04 Å². The van der Waals surface area contributed by atoms with Crippen molar-refractivity contribution in [2.24, 2.45) is 5.41 Å². The van der Waals surface area contributed by atoms with Gasteiger partial charge in [-0.3, -0.25) is 0 Å². The third-order valence-corrected chi connectivity index (χ3v) is 4.01. The first-order valence-electron chi connectivity index (χ1n) is 7.16. The normalized spacial score (nSPS) is 22.8. The van der Waals surface area contributed by atoms with Gasteiger partial charge in [0.2, 0.25) is 0 Å². The van der Waals surface area contributed by atoms with Crippen molar-refractivity contribution in [3.8, 4) is 0 Å². The summed E-state index contributed by atoms with van der Waals surface area (Å²) in [5.41, 5.74) is 0.0967. The minimum Gasteiger partial charge on any atom is -0.480 e. The standard InChI is InChI=1S/C14H26N2O3/c1-4-5-7-10(12(17)18)15-13(19)16-11-8-6-9-14(11,2)3/h10-11H,4-9H2,1-3H3,(H,17,18)(H2,15,16,19). The Hall–Kier alpha value is -1.26. The first-order chi connectivity index (χ1) is 8.86. The molecular weight excluding hydrogens is 244 g/mol. The van der Waals surface area contributed by atoms with E-state index in [1.54, 1.807) is 0 Å². The van der Waals surface area contributed by atoms with Gasteiger partial charge in [-0.25, -0.2) is 9.59 Å². The van der Waals surface area contributed by atoms with E-state index >= 15 is 0 Å². The lowest BCUT2D eigenvalue weighted by molar-refractivity contribution is -0.139. The highest BCUT2D eigenvalue weighted by atomic mass is 16.4. The van der Waals surface area contributed by atoms with Crippen LogP contribution in [0.2, 0.25) is 0 Å². The van der Waals surface area contributed by atoms with Crippen LogP contribution in [-0.4, -0.2) is 29.2 Å². The zero-order chi connectivity index (χ0) is 14.5. The fourth-order valence-corrected chi connectivity index (χ4v) is 2.62. The molecule has 0 aromatic carbocycles. The second kappa shape index (κ2) is 6.78. The van der Waals surface area contributed by atoms with Gasteiger partial charge in [0.05, 0.1) is 0 Å². The summed E-state index contributed by atoms with van der Waals surface area (Å²) in [7, 11) is 0. The van der Waals surface area contributed by atoms with Gasteiger partial charge >= 0.3 is 12.0 Å². The summed E-state index contributed by atoms with van der Waals surface area (Å²) in [5, 5.41) is 14.6. The molecule has 5 nitrogen and oxygen atoms in total. The largest absolute Gasteiger partial charge is 0.480 e. The molecule has 1 fully saturated rings. The number of carboxylic acid groups (broad SMARTS) is 1. The van der Waals surface area contributed by atoms with Crippen LogP contribution in [0.3, 0.4) is 0 Å². The van der Waals surface area contributed by atoms with E-state index in [0.29, 0.717) is 6.42 Å². The number of hydrogen-bond acceptors (Lipinski definition) is 2. The Morgan fingerprint density at radius 2 is 2.11 bits per heavy atom. The number of carbonyl (C=O) groups excluding carboxylic acids is 1. The number of nitrogens with one attached hydrogen (secondary N) is 2. The Bertz CT molecular complexity index is 329. The molecule has 0 bridgehead atoms. The third-order valence-electron chi connectivity index (χ3n) is 4.01. The van der Waals surface area contributed by atoms with Crippen LogP contribution in [0.4, 0.5) is 4.79 Å². The van der Waals surface area contributed by atoms with Crippen molar-refractivity contribution < 1.29 is 14.7 Å². The maximum atomic E-state index is 11.9. The molecule has 0 radical (unpaired) electrons. The van der Waals surface area contributed by atoms with Gasteiger partial charge in [-0.2, -0.15) is 0 Å². The first kappa shape index (κ1) is 15.8. The molecular formula is C14H26N2O3. The average Bonchev–Trinajstić information content (AvgIpc) is 2.63. The van der Waals surface area contributed by atoms with E-state index in [1.807, 2.05) is 6.92 Å². The van der Waals surface area contributed by atoms with E-state index in [-0.39, 0.29) is 17.5 Å². The molecule has 1 aliphatic carbocycles. The molecule has 0 aromatic rings. The molecule has 1 aliphatic rings. The maximum absolute atomic E-state index is 11.9. The van der Waals surface area contributed by atoms with Crippen molar-refractivity contribution in [3.05, 3.63) is 0 Å². The Balaban J connectivity index is 2.46. The van der Waals surface area contributed by atoms with Crippen LogP contribution in [0.1, 0.15) is 59.3 Å². The fourth-order valence-electron chi connectivity index (χ4n) is 2.62. The van der Waals surface area contributed by atoms with Gasteiger partial charge in [-0.05, 0) is 24.7 Å². The maximum Gasteiger partial charge on any atom is 0.326 e. The average molecular weight is 270 g/mol. The van der Waals surface area contributed by atoms with Crippen molar-refractivity contribution in [3.63, 3.8) is 0 Å². The summed E-state index contributed by atoms with van der Waals surface area (Å²) >= 11 is 0. The number of hydrogen-bond donors (Lipinski definition) is 3. The number of urea groups is 1. The molecule has 2 atom stereocenters. The zero-order valence-electron chi connectivity index (χ0n) is 12.2. The predicted octanol–water partition coefficient (Wildman–Crippen LogP) is 2.51. The summed E-state index contributed by atoms with van der Waals surface area (Å²) in [6.45, 7) is 6.27. The van der Waals surface area contributed by atoms with E-state index in [9.17, 15) is 9.59 Å². The van der Waals surface area contributed by atoms with Crippen LogP contribution >= 0.6 is 0 Å². The van der Waals surface area contributed by atoms with Gasteiger partial charge in [0.25, 0.3) is 0 Å². The minimum atomic E-state index is -0.964. The Labute approximate surface area is 115 Å². The van der Waals surface area contributed by atoms with E-state index in [0.717, 1.165) is 32.1 Å².